The highest BCUT2D eigenvalue weighted by Gasteiger charge is 2.26. The monoisotopic (exact) mass is 308 g/mol. The van der Waals surface area contributed by atoms with Crippen LogP contribution in [0.5, 0.6) is 0 Å². The Hall–Kier alpha value is -2.88. The van der Waals surface area contributed by atoms with Gasteiger partial charge >= 0.3 is 0 Å². The summed E-state index contributed by atoms with van der Waals surface area (Å²) in [5.41, 5.74) is 1.71. The SMILES string of the molecule is C=C(C(=O)N(c1ccccc1)c1ccccc1)C(C)C(=O)NC. The van der Waals surface area contributed by atoms with Gasteiger partial charge in [0.2, 0.25) is 5.91 Å². The zero-order chi connectivity index (χ0) is 16.8. The van der Waals surface area contributed by atoms with E-state index in [9.17, 15) is 9.59 Å². The van der Waals surface area contributed by atoms with E-state index in [1.165, 1.54) is 0 Å². The van der Waals surface area contributed by atoms with Crippen molar-refractivity contribution in [2.45, 2.75) is 6.92 Å². The number of benzene rings is 2. The van der Waals surface area contributed by atoms with E-state index in [2.05, 4.69) is 11.9 Å². The van der Waals surface area contributed by atoms with Crippen molar-refractivity contribution in [3.63, 3.8) is 0 Å². The number of nitrogens with one attached hydrogen (secondary N) is 1. The molecule has 0 spiro atoms. The number of hydrogen-bond donors (Lipinski definition) is 1. The lowest BCUT2D eigenvalue weighted by Crippen LogP contribution is -2.34. The van der Waals surface area contributed by atoms with E-state index in [0.29, 0.717) is 0 Å². The molecule has 4 nitrogen and oxygen atoms in total. The molecule has 2 aromatic rings. The Kier molecular flexibility index (Phi) is 5.31. The van der Waals surface area contributed by atoms with E-state index in [4.69, 9.17) is 0 Å². The van der Waals surface area contributed by atoms with E-state index >= 15 is 0 Å². The Morgan fingerprint density at radius 3 is 1.78 bits per heavy atom. The summed E-state index contributed by atoms with van der Waals surface area (Å²) in [6, 6.07) is 18.6. The third kappa shape index (κ3) is 3.66. The molecule has 2 amide bonds. The number of hydrogen-bond acceptors (Lipinski definition) is 2. The van der Waals surface area contributed by atoms with Gasteiger partial charge < -0.3 is 5.32 Å². The van der Waals surface area contributed by atoms with Gasteiger partial charge in [0, 0.05) is 24.0 Å². The fourth-order valence-electron chi connectivity index (χ4n) is 2.24. The molecule has 0 aliphatic heterocycles. The Morgan fingerprint density at radius 2 is 1.39 bits per heavy atom. The number of rotatable bonds is 5. The smallest absolute Gasteiger partial charge is 0.258 e. The van der Waals surface area contributed by atoms with Crippen LogP contribution in [0.2, 0.25) is 0 Å². The largest absolute Gasteiger partial charge is 0.359 e. The van der Waals surface area contributed by atoms with Crippen molar-refractivity contribution in [3.8, 4) is 0 Å². The molecule has 0 radical (unpaired) electrons. The van der Waals surface area contributed by atoms with Crippen LogP contribution in [-0.2, 0) is 9.59 Å². The predicted octanol–water partition coefficient (Wildman–Crippen LogP) is 3.29. The van der Waals surface area contributed by atoms with Gasteiger partial charge in [-0.05, 0) is 31.2 Å². The van der Waals surface area contributed by atoms with Crippen LogP contribution in [0.3, 0.4) is 0 Å². The van der Waals surface area contributed by atoms with Crippen molar-refractivity contribution in [1.29, 1.82) is 0 Å². The van der Waals surface area contributed by atoms with Crippen molar-refractivity contribution in [3.05, 3.63) is 72.8 Å². The first-order valence-electron chi connectivity index (χ1n) is 7.41. The van der Waals surface area contributed by atoms with Crippen LogP contribution < -0.4 is 10.2 Å². The van der Waals surface area contributed by atoms with Crippen LogP contribution in [0.4, 0.5) is 11.4 Å². The lowest BCUT2D eigenvalue weighted by atomic mass is 10.00. The van der Waals surface area contributed by atoms with Crippen molar-refractivity contribution >= 4 is 23.2 Å². The minimum absolute atomic E-state index is 0.232. The summed E-state index contributed by atoms with van der Waals surface area (Å²) < 4.78 is 0. The van der Waals surface area contributed by atoms with Gasteiger partial charge in [0.1, 0.15) is 0 Å². The van der Waals surface area contributed by atoms with Crippen LogP contribution in [0, 0.1) is 5.92 Å². The summed E-state index contributed by atoms with van der Waals surface area (Å²) in [6.45, 7) is 5.52. The highest BCUT2D eigenvalue weighted by atomic mass is 16.2. The summed E-state index contributed by atoms with van der Waals surface area (Å²) in [6.07, 6.45) is 0. The third-order valence-corrected chi connectivity index (χ3v) is 3.67. The fourth-order valence-corrected chi connectivity index (χ4v) is 2.24. The van der Waals surface area contributed by atoms with Gasteiger partial charge in [0.05, 0.1) is 5.92 Å². The van der Waals surface area contributed by atoms with Crippen molar-refractivity contribution in [2.75, 3.05) is 11.9 Å². The topological polar surface area (TPSA) is 49.4 Å². The van der Waals surface area contributed by atoms with Crippen molar-refractivity contribution in [2.24, 2.45) is 5.92 Å². The zero-order valence-corrected chi connectivity index (χ0v) is 13.3. The molecule has 0 fully saturated rings. The normalized spacial score (nSPS) is 11.4. The van der Waals surface area contributed by atoms with Gasteiger partial charge in [-0.3, -0.25) is 14.5 Å². The second-order valence-electron chi connectivity index (χ2n) is 5.17. The van der Waals surface area contributed by atoms with E-state index < -0.39 is 5.92 Å². The van der Waals surface area contributed by atoms with E-state index in [0.717, 1.165) is 11.4 Å². The molecule has 0 aliphatic rings. The second kappa shape index (κ2) is 7.40. The molecular weight excluding hydrogens is 288 g/mol. The van der Waals surface area contributed by atoms with Gasteiger partial charge in [-0.25, -0.2) is 0 Å². The highest BCUT2D eigenvalue weighted by Crippen LogP contribution is 2.28. The number of para-hydroxylation sites is 2. The molecule has 0 heterocycles. The first kappa shape index (κ1) is 16.5. The molecule has 4 heteroatoms. The Bertz CT molecular complexity index is 656. The Balaban J connectivity index is 2.41. The fraction of sp³-hybridized carbons (Fsp3) is 0.158. The summed E-state index contributed by atoms with van der Waals surface area (Å²) in [5.74, 6) is -1.12. The molecule has 0 aromatic heterocycles. The molecular formula is C19H20N2O2. The maximum absolute atomic E-state index is 13.0. The van der Waals surface area contributed by atoms with Gasteiger partial charge in [0.15, 0.2) is 0 Å². The Labute approximate surface area is 136 Å². The minimum Gasteiger partial charge on any atom is -0.359 e. The summed E-state index contributed by atoms with van der Waals surface area (Å²) in [5, 5.41) is 2.55. The average molecular weight is 308 g/mol. The molecule has 23 heavy (non-hydrogen) atoms. The molecule has 0 bridgehead atoms. The molecule has 0 saturated carbocycles. The number of carbonyl (C=O) groups excluding carboxylic acids is 2. The molecule has 0 saturated heterocycles. The Morgan fingerprint density at radius 1 is 0.957 bits per heavy atom. The number of amides is 2. The van der Waals surface area contributed by atoms with Crippen LogP contribution in [0.25, 0.3) is 0 Å². The summed E-state index contributed by atoms with van der Waals surface area (Å²) in [4.78, 5) is 26.3. The predicted molar refractivity (Wildman–Crippen MR) is 92.4 cm³/mol. The number of anilines is 2. The van der Waals surface area contributed by atoms with Crippen molar-refractivity contribution in [1.82, 2.24) is 5.32 Å². The van der Waals surface area contributed by atoms with Gasteiger partial charge in [-0.15, -0.1) is 0 Å². The molecule has 118 valence electrons. The number of nitrogens with zero attached hydrogens (tertiary/aromatic N) is 1. The van der Waals surface area contributed by atoms with Crippen LogP contribution >= 0.6 is 0 Å². The lowest BCUT2D eigenvalue weighted by Gasteiger charge is -2.25. The zero-order valence-electron chi connectivity index (χ0n) is 13.3. The molecule has 2 rings (SSSR count). The first-order chi connectivity index (χ1) is 11.1. The minimum atomic E-state index is -0.595. The van der Waals surface area contributed by atoms with Crippen LogP contribution in [0.1, 0.15) is 6.92 Å². The molecule has 0 aliphatic carbocycles. The summed E-state index contributed by atoms with van der Waals surface area (Å²) >= 11 is 0. The molecule has 1 N–H and O–H groups in total. The van der Waals surface area contributed by atoms with Crippen LogP contribution in [-0.4, -0.2) is 18.9 Å². The standard InChI is InChI=1S/C19H20N2O2/c1-14(18(22)20-3)15(2)19(23)21(16-10-6-4-7-11-16)17-12-8-5-9-13-17/h4-14H,2H2,1,3H3,(H,20,22). The van der Waals surface area contributed by atoms with Gasteiger partial charge in [0.25, 0.3) is 5.91 Å². The second-order valence-corrected chi connectivity index (χ2v) is 5.17. The van der Waals surface area contributed by atoms with E-state index in [1.807, 2.05) is 60.7 Å². The maximum atomic E-state index is 13.0. The van der Waals surface area contributed by atoms with E-state index in [1.54, 1.807) is 18.9 Å². The molecule has 1 unspecified atom stereocenters. The third-order valence-electron chi connectivity index (χ3n) is 3.67. The summed E-state index contributed by atoms with van der Waals surface area (Å²) in [7, 11) is 1.54. The lowest BCUT2D eigenvalue weighted by molar-refractivity contribution is -0.125. The number of carbonyl (C=O) groups is 2. The molecule has 1 atom stereocenters. The van der Waals surface area contributed by atoms with Crippen LogP contribution in [0.15, 0.2) is 72.8 Å². The molecule has 2 aromatic carbocycles. The highest BCUT2D eigenvalue weighted by molar-refractivity contribution is 6.12. The van der Waals surface area contributed by atoms with Gasteiger partial charge in [-0.1, -0.05) is 43.0 Å². The average Bonchev–Trinajstić information content (AvgIpc) is 2.61. The van der Waals surface area contributed by atoms with E-state index in [-0.39, 0.29) is 17.4 Å². The van der Waals surface area contributed by atoms with Gasteiger partial charge in [-0.2, -0.15) is 0 Å². The van der Waals surface area contributed by atoms with Crippen molar-refractivity contribution < 1.29 is 9.59 Å². The maximum Gasteiger partial charge on any atom is 0.258 e. The quantitative estimate of drug-likeness (QED) is 0.862. The first-order valence-corrected chi connectivity index (χ1v) is 7.41.